The SMILES string of the molecule is CN1C(=O)Cc2cc(Nc3nc(N(C)C4CCN(c5ccc6c(c5)ncn6C5CCC(=O)NC5=O)CC4)ncc3Cl)ccc21. The van der Waals surface area contributed by atoms with E-state index in [-0.39, 0.29) is 23.8 Å². The van der Waals surface area contributed by atoms with Crippen molar-refractivity contribution in [2.75, 3.05) is 47.2 Å². The Balaban J connectivity index is 1.01. The average Bonchev–Trinajstić information content (AvgIpc) is 3.57. The lowest BCUT2D eigenvalue weighted by molar-refractivity contribution is -0.135. The van der Waals surface area contributed by atoms with E-state index in [1.165, 1.54) is 0 Å². The van der Waals surface area contributed by atoms with E-state index in [2.05, 4.69) is 42.5 Å². The molecule has 7 rings (SSSR count). The molecule has 0 aliphatic carbocycles. The van der Waals surface area contributed by atoms with Gasteiger partial charge in [0.15, 0.2) is 5.82 Å². The van der Waals surface area contributed by atoms with E-state index in [1.807, 2.05) is 35.9 Å². The molecule has 5 heterocycles. The maximum absolute atomic E-state index is 12.4. The van der Waals surface area contributed by atoms with Crippen LogP contribution in [0.25, 0.3) is 11.0 Å². The number of imide groups is 1. The molecule has 3 aliphatic heterocycles. The van der Waals surface area contributed by atoms with Crippen LogP contribution in [0, 0.1) is 0 Å². The fourth-order valence-electron chi connectivity index (χ4n) is 6.39. The third kappa shape index (κ3) is 5.08. The molecule has 1 unspecified atom stereocenters. The molecular weight excluding hydrogens is 582 g/mol. The van der Waals surface area contributed by atoms with Crippen molar-refractivity contribution in [3.63, 3.8) is 0 Å². The molecule has 2 saturated heterocycles. The van der Waals surface area contributed by atoms with Gasteiger partial charge < -0.3 is 24.6 Å². The number of fused-ring (bicyclic) bond motifs is 2. The first-order chi connectivity index (χ1) is 21.2. The summed E-state index contributed by atoms with van der Waals surface area (Å²) in [5.74, 6) is 0.677. The monoisotopic (exact) mass is 613 g/mol. The molecule has 0 spiro atoms. The van der Waals surface area contributed by atoms with Crippen molar-refractivity contribution in [3.8, 4) is 0 Å². The third-order valence-electron chi connectivity index (χ3n) is 8.95. The number of hydrogen-bond donors (Lipinski definition) is 2. The van der Waals surface area contributed by atoms with Gasteiger partial charge in [0.25, 0.3) is 0 Å². The van der Waals surface area contributed by atoms with Gasteiger partial charge in [-0.05, 0) is 61.2 Å². The maximum atomic E-state index is 12.4. The van der Waals surface area contributed by atoms with Crippen LogP contribution >= 0.6 is 11.6 Å². The van der Waals surface area contributed by atoms with Gasteiger partial charge >= 0.3 is 0 Å². The number of nitrogens with zero attached hydrogens (tertiary/aromatic N) is 7. The number of carbonyl (C=O) groups excluding carboxylic acids is 3. The zero-order chi connectivity index (χ0) is 30.5. The minimum absolute atomic E-state index is 0.0771. The van der Waals surface area contributed by atoms with Gasteiger partial charge in [0.2, 0.25) is 23.7 Å². The van der Waals surface area contributed by atoms with Gasteiger partial charge in [-0.25, -0.2) is 9.97 Å². The molecule has 226 valence electrons. The standard InChI is InChI=1S/C31H32ClN9O3/c1-38(31-33-16-22(32)29(37-31)35-19-3-5-24-18(13-19)14-28(43)39(24)2)20-9-11-40(12-10-20)21-4-6-25-23(15-21)34-17-41(25)26-7-8-27(42)36-30(26)44/h3-6,13,15-17,20,26H,7-12,14H2,1-2H3,(H,33,35,37)(H,36,42,44). The smallest absolute Gasteiger partial charge is 0.249 e. The van der Waals surface area contributed by atoms with E-state index in [9.17, 15) is 14.4 Å². The summed E-state index contributed by atoms with van der Waals surface area (Å²) in [6, 6.07) is 11.8. The first-order valence-corrected chi connectivity index (χ1v) is 15.1. The molecule has 44 heavy (non-hydrogen) atoms. The van der Waals surface area contributed by atoms with Crippen molar-refractivity contribution < 1.29 is 14.4 Å². The molecule has 13 heteroatoms. The van der Waals surface area contributed by atoms with Gasteiger partial charge in [0, 0.05) is 56.7 Å². The molecule has 3 amide bonds. The molecule has 2 N–H and O–H groups in total. The molecule has 0 radical (unpaired) electrons. The number of nitrogens with one attached hydrogen (secondary N) is 2. The predicted octanol–water partition coefficient (Wildman–Crippen LogP) is 3.83. The minimum atomic E-state index is -0.429. The summed E-state index contributed by atoms with van der Waals surface area (Å²) in [5.41, 5.74) is 5.49. The van der Waals surface area contributed by atoms with Crippen molar-refractivity contribution in [2.45, 2.75) is 44.2 Å². The lowest BCUT2D eigenvalue weighted by Gasteiger charge is -2.38. The van der Waals surface area contributed by atoms with Gasteiger partial charge in [0.1, 0.15) is 11.1 Å². The maximum Gasteiger partial charge on any atom is 0.249 e. The van der Waals surface area contributed by atoms with Crippen LogP contribution in [0.15, 0.2) is 48.9 Å². The summed E-state index contributed by atoms with van der Waals surface area (Å²) in [6.45, 7) is 1.71. The Morgan fingerprint density at radius 3 is 2.66 bits per heavy atom. The summed E-state index contributed by atoms with van der Waals surface area (Å²) >= 11 is 6.47. The highest BCUT2D eigenvalue weighted by Gasteiger charge is 2.30. The molecule has 2 aromatic heterocycles. The summed E-state index contributed by atoms with van der Waals surface area (Å²) in [7, 11) is 3.80. The Hall–Kier alpha value is -4.71. The largest absolute Gasteiger partial charge is 0.371 e. The Morgan fingerprint density at radius 1 is 1.05 bits per heavy atom. The Morgan fingerprint density at radius 2 is 1.86 bits per heavy atom. The first kappa shape index (κ1) is 28.1. The molecule has 12 nitrogen and oxygen atoms in total. The van der Waals surface area contributed by atoms with Crippen LogP contribution in [0.2, 0.25) is 5.02 Å². The van der Waals surface area contributed by atoms with Crippen molar-refractivity contribution >= 4 is 69.2 Å². The fraction of sp³-hybridized carbons (Fsp3) is 0.355. The molecule has 3 aliphatic rings. The van der Waals surface area contributed by atoms with Crippen LogP contribution < -0.4 is 25.3 Å². The predicted molar refractivity (Wildman–Crippen MR) is 169 cm³/mol. The quantitative estimate of drug-likeness (QED) is 0.312. The van der Waals surface area contributed by atoms with Crippen molar-refractivity contribution in [1.82, 2.24) is 24.8 Å². The molecule has 2 fully saturated rings. The topological polar surface area (TPSA) is 129 Å². The lowest BCUT2D eigenvalue weighted by atomic mass is 10.0. The second-order valence-electron chi connectivity index (χ2n) is 11.6. The Kier molecular flexibility index (Phi) is 7.08. The lowest BCUT2D eigenvalue weighted by Crippen LogP contribution is -2.44. The van der Waals surface area contributed by atoms with Crippen molar-refractivity contribution in [2.24, 2.45) is 0 Å². The minimum Gasteiger partial charge on any atom is -0.371 e. The number of imidazole rings is 1. The number of carbonyl (C=O) groups is 3. The van der Waals surface area contributed by atoms with E-state index in [0.29, 0.717) is 36.1 Å². The molecular formula is C31H32ClN9O3. The van der Waals surface area contributed by atoms with Gasteiger partial charge in [-0.1, -0.05) is 11.6 Å². The zero-order valence-electron chi connectivity index (χ0n) is 24.5. The molecule has 2 aromatic carbocycles. The highest BCUT2D eigenvalue weighted by atomic mass is 35.5. The molecule has 4 aromatic rings. The normalized spacial score (nSPS) is 19.0. The number of aromatic nitrogens is 4. The third-order valence-corrected chi connectivity index (χ3v) is 9.22. The van der Waals surface area contributed by atoms with Gasteiger partial charge in [-0.3, -0.25) is 19.7 Å². The number of halogens is 1. The van der Waals surface area contributed by atoms with Crippen LogP contribution in [0.4, 0.5) is 28.8 Å². The van der Waals surface area contributed by atoms with Crippen molar-refractivity contribution in [3.05, 3.63) is 59.5 Å². The number of likely N-dealkylation sites (N-methyl/N-ethyl adjacent to an activating group) is 1. The highest BCUT2D eigenvalue weighted by molar-refractivity contribution is 6.32. The number of amides is 3. The molecule has 1 atom stereocenters. The summed E-state index contributed by atoms with van der Waals surface area (Å²) in [4.78, 5) is 56.0. The number of anilines is 5. The average molecular weight is 614 g/mol. The highest BCUT2D eigenvalue weighted by Crippen LogP contribution is 2.33. The molecule has 0 saturated carbocycles. The number of hydrogen-bond acceptors (Lipinski definition) is 9. The van der Waals surface area contributed by atoms with Gasteiger partial charge in [-0.2, -0.15) is 4.98 Å². The van der Waals surface area contributed by atoms with E-state index < -0.39 is 6.04 Å². The van der Waals surface area contributed by atoms with Gasteiger partial charge in [0.05, 0.1) is 30.0 Å². The second kappa shape index (κ2) is 11.1. The summed E-state index contributed by atoms with van der Waals surface area (Å²) < 4.78 is 1.86. The van der Waals surface area contributed by atoms with Crippen LogP contribution in [0.3, 0.4) is 0 Å². The number of rotatable bonds is 6. The van der Waals surface area contributed by atoms with E-state index in [4.69, 9.17) is 16.6 Å². The van der Waals surface area contributed by atoms with Crippen molar-refractivity contribution in [1.29, 1.82) is 0 Å². The first-order valence-electron chi connectivity index (χ1n) is 14.7. The van der Waals surface area contributed by atoms with Crippen LogP contribution in [0.5, 0.6) is 0 Å². The van der Waals surface area contributed by atoms with Gasteiger partial charge in [-0.15, -0.1) is 0 Å². The van der Waals surface area contributed by atoms with E-state index in [0.717, 1.165) is 59.6 Å². The Labute approximate surface area is 259 Å². The van der Waals surface area contributed by atoms with Crippen LogP contribution in [-0.4, -0.2) is 70.5 Å². The summed E-state index contributed by atoms with van der Waals surface area (Å²) in [6.07, 6.45) is 6.32. The number of benzene rings is 2. The zero-order valence-corrected chi connectivity index (χ0v) is 25.2. The molecule has 0 bridgehead atoms. The summed E-state index contributed by atoms with van der Waals surface area (Å²) in [5, 5.41) is 6.15. The van der Waals surface area contributed by atoms with E-state index >= 15 is 0 Å². The Bertz CT molecular complexity index is 1800. The van der Waals surface area contributed by atoms with E-state index in [1.54, 1.807) is 24.5 Å². The second-order valence-corrected chi connectivity index (χ2v) is 12.0. The fourth-order valence-corrected chi connectivity index (χ4v) is 6.53. The number of piperidine rings is 2. The van der Waals surface area contributed by atoms with Crippen LogP contribution in [-0.2, 0) is 20.8 Å². The van der Waals surface area contributed by atoms with Crippen LogP contribution in [0.1, 0.15) is 37.3 Å².